The Morgan fingerprint density at radius 1 is 1.50 bits per heavy atom. The number of nitro groups is 1. The quantitative estimate of drug-likeness (QED) is 0.457. The van der Waals surface area contributed by atoms with Gasteiger partial charge in [0.2, 0.25) is 0 Å². The van der Waals surface area contributed by atoms with Crippen LogP contribution >= 0.6 is 0 Å². The molecule has 1 aromatic rings. The first-order chi connectivity index (χ1) is 7.65. The minimum Gasteiger partial charge on any atom is -0.383 e. The predicted octanol–water partition coefficient (Wildman–Crippen LogP) is 2.35. The highest BCUT2D eigenvalue weighted by molar-refractivity contribution is 5.54. The zero-order valence-electron chi connectivity index (χ0n) is 9.53. The third kappa shape index (κ3) is 3.51. The molecule has 0 aliphatic heterocycles. The zero-order valence-corrected chi connectivity index (χ0v) is 9.53. The van der Waals surface area contributed by atoms with Crippen molar-refractivity contribution in [3.8, 4) is 0 Å². The van der Waals surface area contributed by atoms with Crippen LogP contribution in [0.2, 0.25) is 0 Å². The van der Waals surface area contributed by atoms with Gasteiger partial charge in [0.05, 0.1) is 11.5 Å². The molecule has 0 aliphatic carbocycles. The first kappa shape index (κ1) is 12.4. The number of hydrogen-bond acceptors (Lipinski definition) is 4. The Kier molecular flexibility index (Phi) is 4.72. The Balaban J connectivity index is 2.61. The van der Waals surface area contributed by atoms with Gasteiger partial charge in [-0.05, 0) is 19.9 Å². The van der Waals surface area contributed by atoms with Crippen LogP contribution in [0.5, 0.6) is 0 Å². The van der Waals surface area contributed by atoms with E-state index in [1.165, 1.54) is 0 Å². The van der Waals surface area contributed by atoms with Crippen LogP contribution in [0.3, 0.4) is 0 Å². The minimum atomic E-state index is -0.372. The lowest BCUT2D eigenvalue weighted by Crippen LogP contribution is -2.09. The number of anilines is 1. The summed E-state index contributed by atoms with van der Waals surface area (Å²) in [6, 6.07) is 5.11. The first-order valence-electron chi connectivity index (χ1n) is 5.21. The number of ether oxygens (including phenoxy) is 1. The standard InChI is InChI=1S/C11H16N2O3/c1-3-16-7-6-12-10-5-4-9(2)11(8-10)13(14)15/h4-5,8,12H,3,6-7H2,1-2H3. The molecule has 1 N–H and O–H groups in total. The number of rotatable bonds is 6. The molecule has 16 heavy (non-hydrogen) atoms. The molecule has 0 spiro atoms. The summed E-state index contributed by atoms with van der Waals surface area (Å²) in [5, 5.41) is 13.8. The SMILES string of the molecule is CCOCCNc1ccc(C)c([N+](=O)[O-])c1. The maximum atomic E-state index is 10.7. The monoisotopic (exact) mass is 224 g/mol. The van der Waals surface area contributed by atoms with E-state index in [1.807, 2.05) is 13.0 Å². The molecule has 5 nitrogen and oxygen atoms in total. The molecule has 0 bridgehead atoms. The Morgan fingerprint density at radius 2 is 2.25 bits per heavy atom. The van der Waals surface area contributed by atoms with Crippen molar-refractivity contribution in [1.29, 1.82) is 0 Å². The van der Waals surface area contributed by atoms with Crippen molar-refractivity contribution in [2.45, 2.75) is 13.8 Å². The third-order valence-corrected chi connectivity index (χ3v) is 2.19. The number of nitro benzene ring substituents is 1. The lowest BCUT2D eigenvalue weighted by Gasteiger charge is -2.06. The van der Waals surface area contributed by atoms with E-state index in [0.29, 0.717) is 25.3 Å². The Labute approximate surface area is 94.6 Å². The normalized spacial score (nSPS) is 10.1. The van der Waals surface area contributed by atoms with Gasteiger partial charge in [-0.25, -0.2) is 0 Å². The van der Waals surface area contributed by atoms with E-state index in [1.54, 1.807) is 19.1 Å². The Morgan fingerprint density at radius 3 is 2.88 bits per heavy atom. The van der Waals surface area contributed by atoms with Gasteiger partial charge < -0.3 is 10.1 Å². The first-order valence-corrected chi connectivity index (χ1v) is 5.21. The summed E-state index contributed by atoms with van der Waals surface area (Å²) in [5.74, 6) is 0. The molecular formula is C11H16N2O3. The van der Waals surface area contributed by atoms with Gasteiger partial charge in [0.1, 0.15) is 0 Å². The van der Waals surface area contributed by atoms with Crippen molar-refractivity contribution < 1.29 is 9.66 Å². The van der Waals surface area contributed by atoms with Crippen LogP contribution in [0.15, 0.2) is 18.2 Å². The van der Waals surface area contributed by atoms with Gasteiger partial charge in [-0.15, -0.1) is 0 Å². The molecule has 0 fully saturated rings. The molecule has 0 radical (unpaired) electrons. The van der Waals surface area contributed by atoms with E-state index in [9.17, 15) is 10.1 Å². The molecule has 0 saturated heterocycles. The fraction of sp³-hybridized carbons (Fsp3) is 0.455. The van der Waals surface area contributed by atoms with Crippen molar-refractivity contribution in [2.75, 3.05) is 25.1 Å². The van der Waals surface area contributed by atoms with Gasteiger partial charge >= 0.3 is 0 Å². The maximum absolute atomic E-state index is 10.7. The van der Waals surface area contributed by atoms with Crippen LogP contribution in [0, 0.1) is 17.0 Å². The highest BCUT2D eigenvalue weighted by atomic mass is 16.6. The number of aryl methyl sites for hydroxylation is 1. The molecule has 0 aromatic heterocycles. The van der Waals surface area contributed by atoms with E-state index < -0.39 is 0 Å². The molecule has 1 rings (SSSR count). The van der Waals surface area contributed by atoms with Gasteiger partial charge in [-0.3, -0.25) is 10.1 Å². The topological polar surface area (TPSA) is 64.4 Å². The third-order valence-electron chi connectivity index (χ3n) is 2.19. The van der Waals surface area contributed by atoms with Crippen LogP contribution in [0.1, 0.15) is 12.5 Å². The molecule has 5 heteroatoms. The highest BCUT2D eigenvalue weighted by Gasteiger charge is 2.10. The molecular weight excluding hydrogens is 208 g/mol. The smallest absolute Gasteiger partial charge is 0.274 e. The second-order valence-electron chi connectivity index (χ2n) is 3.38. The number of nitrogens with zero attached hydrogens (tertiary/aromatic N) is 1. The summed E-state index contributed by atoms with van der Waals surface area (Å²) in [6.07, 6.45) is 0. The van der Waals surface area contributed by atoms with Crippen molar-refractivity contribution in [2.24, 2.45) is 0 Å². The largest absolute Gasteiger partial charge is 0.383 e. The van der Waals surface area contributed by atoms with E-state index in [0.717, 1.165) is 5.69 Å². The summed E-state index contributed by atoms with van der Waals surface area (Å²) in [6.45, 7) is 5.57. The van der Waals surface area contributed by atoms with Crippen LogP contribution in [-0.4, -0.2) is 24.7 Å². The van der Waals surface area contributed by atoms with Gasteiger partial charge in [0.25, 0.3) is 5.69 Å². The van der Waals surface area contributed by atoms with Gasteiger partial charge in [0, 0.05) is 30.5 Å². The van der Waals surface area contributed by atoms with E-state index in [-0.39, 0.29) is 10.6 Å². The fourth-order valence-electron chi connectivity index (χ4n) is 1.33. The lowest BCUT2D eigenvalue weighted by atomic mass is 10.2. The van der Waals surface area contributed by atoms with E-state index in [2.05, 4.69) is 5.32 Å². The molecule has 88 valence electrons. The highest BCUT2D eigenvalue weighted by Crippen LogP contribution is 2.21. The van der Waals surface area contributed by atoms with Gasteiger partial charge in [-0.1, -0.05) is 6.07 Å². The lowest BCUT2D eigenvalue weighted by molar-refractivity contribution is -0.385. The maximum Gasteiger partial charge on any atom is 0.274 e. The minimum absolute atomic E-state index is 0.140. The van der Waals surface area contributed by atoms with Crippen LogP contribution in [0.25, 0.3) is 0 Å². The zero-order chi connectivity index (χ0) is 12.0. The average molecular weight is 224 g/mol. The fourth-order valence-corrected chi connectivity index (χ4v) is 1.33. The van der Waals surface area contributed by atoms with Crippen LogP contribution < -0.4 is 5.32 Å². The summed E-state index contributed by atoms with van der Waals surface area (Å²) >= 11 is 0. The van der Waals surface area contributed by atoms with Crippen molar-refractivity contribution in [3.63, 3.8) is 0 Å². The number of hydrogen-bond donors (Lipinski definition) is 1. The molecule has 0 saturated carbocycles. The molecule has 1 aromatic carbocycles. The molecule has 0 unspecified atom stereocenters. The molecule has 0 amide bonds. The van der Waals surface area contributed by atoms with Crippen molar-refractivity contribution in [1.82, 2.24) is 0 Å². The molecule has 0 aliphatic rings. The number of benzene rings is 1. The van der Waals surface area contributed by atoms with E-state index in [4.69, 9.17) is 4.74 Å². The van der Waals surface area contributed by atoms with E-state index >= 15 is 0 Å². The van der Waals surface area contributed by atoms with Gasteiger partial charge in [-0.2, -0.15) is 0 Å². The summed E-state index contributed by atoms with van der Waals surface area (Å²) < 4.78 is 5.16. The van der Waals surface area contributed by atoms with Crippen LogP contribution in [0.4, 0.5) is 11.4 Å². The number of nitrogens with one attached hydrogen (secondary N) is 1. The predicted molar refractivity (Wildman–Crippen MR) is 62.8 cm³/mol. The average Bonchev–Trinajstić information content (AvgIpc) is 2.26. The van der Waals surface area contributed by atoms with Crippen molar-refractivity contribution in [3.05, 3.63) is 33.9 Å². The summed E-state index contributed by atoms with van der Waals surface area (Å²) in [4.78, 5) is 10.3. The van der Waals surface area contributed by atoms with Crippen molar-refractivity contribution >= 4 is 11.4 Å². The summed E-state index contributed by atoms with van der Waals surface area (Å²) in [7, 11) is 0. The van der Waals surface area contributed by atoms with Crippen LogP contribution in [-0.2, 0) is 4.74 Å². The molecule has 0 atom stereocenters. The molecule has 0 heterocycles. The Bertz CT molecular complexity index is 366. The summed E-state index contributed by atoms with van der Waals surface area (Å²) in [5.41, 5.74) is 1.55. The second kappa shape index (κ2) is 6.07. The Hall–Kier alpha value is -1.62. The second-order valence-corrected chi connectivity index (χ2v) is 3.38. The van der Waals surface area contributed by atoms with Gasteiger partial charge in [0.15, 0.2) is 0 Å².